The fourth-order valence-electron chi connectivity index (χ4n) is 4.99. The summed E-state index contributed by atoms with van der Waals surface area (Å²) < 4.78 is 70.4. The van der Waals surface area contributed by atoms with Crippen LogP contribution in [-0.2, 0) is 21.5 Å². The summed E-state index contributed by atoms with van der Waals surface area (Å²) in [4.78, 5) is 49.8. The molecule has 0 spiro atoms. The SMILES string of the molecule is CC(C)(CNC(=O)C(=O)Cc1cc(F)cc(F)c1)CNC(=O)c1ccc(Nc2nc(NC3(c4ccc(Cl)cc4)CC3)nc(OCC(F)(F)F)n2)cc1. The first-order valence-electron chi connectivity index (χ1n) is 15.9. The average Bonchev–Trinajstić information content (AvgIpc) is 3.85. The van der Waals surface area contributed by atoms with E-state index in [0.717, 1.165) is 30.5 Å². The standard InChI is InChI=1S/C35H33ClF5N7O4/c1-33(2,18-43-29(51)27(49)15-20-13-24(37)16-25(38)14-20)17-42-28(50)21-3-9-26(10-4-21)44-30-45-31(47-32(46-30)52-19-35(39,40)41)48-34(11-12-34)22-5-7-23(36)8-6-22/h3-10,13-14,16H,11-12,15,17-19H2,1-2H3,(H,42,50)(H,43,51)(H2,44,45,46,47,48). The normalized spacial score (nSPS) is 13.5. The Morgan fingerprint density at radius 2 is 1.46 bits per heavy atom. The van der Waals surface area contributed by atoms with Gasteiger partial charge in [0.25, 0.3) is 11.8 Å². The summed E-state index contributed by atoms with van der Waals surface area (Å²) in [6, 6.07) is 15.3. The molecule has 52 heavy (non-hydrogen) atoms. The molecule has 1 heterocycles. The van der Waals surface area contributed by atoms with Gasteiger partial charge in [0.15, 0.2) is 6.61 Å². The van der Waals surface area contributed by atoms with E-state index in [-0.39, 0.29) is 36.1 Å². The number of rotatable bonds is 15. The molecule has 0 unspecified atom stereocenters. The molecule has 1 aliphatic carbocycles. The van der Waals surface area contributed by atoms with Gasteiger partial charge in [0.1, 0.15) is 11.6 Å². The Morgan fingerprint density at radius 3 is 2.08 bits per heavy atom. The van der Waals surface area contributed by atoms with E-state index in [0.29, 0.717) is 16.8 Å². The number of aromatic nitrogens is 3. The minimum absolute atomic E-state index is 0.0104. The minimum Gasteiger partial charge on any atom is -0.454 e. The first kappa shape index (κ1) is 37.9. The molecule has 274 valence electrons. The molecule has 0 aliphatic heterocycles. The molecule has 0 saturated heterocycles. The van der Waals surface area contributed by atoms with Crippen molar-refractivity contribution in [3.8, 4) is 6.01 Å². The van der Waals surface area contributed by atoms with Gasteiger partial charge in [0, 0.05) is 41.9 Å². The zero-order chi connectivity index (χ0) is 37.7. The lowest BCUT2D eigenvalue weighted by Gasteiger charge is -2.25. The lowest BCUT2D eigenvalue weighted by atomic mass is 9.93. The Kier molecular flexibility index (Phi) is 11.3. The van der Waals surface area contributed by atoms with Crippen LogP contribution in [0.3, 0.4) is 0 Å². The Balaban J connectivity index is 1.17. The van der Waals surface area contributed by atoms with Gasteiger partial charge in [-0.15, -0.1) is 0 Å². The van der Waals surface area contributed by atoms with Gasteiger partial charge < -0.3 is 26.0 Å². The molecule has 0 bridgehead atoms. The summed E-state index contributed by atoms with van der Waals surface area (Å²) in [5, 5.41) is 11.9. The van der Waals surface area contributed by atoms with Gasteiger partial charge in [-0.2, -0.15) is 28.1 Å². The number of alkyl halides is 3. The maximum Gasteiger partial charge on any atom is 0.422 e. The average molecular weight is 746 g/mol. The van der Waals surface area contributed by atoms with Crippen LogP contribution in [0.2, 0.25) is 5.02 Å². The number of anilines is 3. The van der Waals surface area contributed by atoms with Gasteiger partial charge in [-0.3, -0.25) is 14.4 Å². The molecule has 17 heteroatoms. The molecule has 0 atom stereocenters. The van der Waals surface area contributed by atoms with E-state index in [2.05, 4.69) is 36.2 Å². The van der Waals surface area contributed by atoms with E-state index in [4.69, 9.17) is 16.3 Å². The van der Waals surface area contributed by atoms with Crippen molar-refractivity contribution in [1.29, 1.82) is 0 Å². The molecule has 0 radical (unpaired) electrons. The van der Waals surface area contributed by atoms with E-state index in [1.54, 1.807) is 38.1 Å². The van der Waals surface area contributed by atoms with Crippen LogP contribution in [0.25, 0.3) is 0 Å². The van der Waals surface area contributed by atoms with Crippen molar-refractivity contribution in [2.75, 3.05) is 30.3 Å². The second-order valence-corrected chi connectivity index (χ2v) is 13.4. The topological polar surface area (TPSA) is 147 Å². The maximum absolute atomic E-state index is 13.4. The van der Waals surface area contributed by atoms with E-state index in [1.807, 2.05) is 12.1 Å². The number of ether oxygens (including phenoxy) is 1. The van der Waals surface area contributed by atoms with Gasteiger partial charge >= 0.3 is 12.2 Å². The van der Waals surface area contributed by atoms with Crippen LogP contribution < -0.4 is 26.0 Å². The fourth-order valence-corrected chi connectivity index (χ4v) is 5.11. The molecule has 1 fully saturated rings. The highest BCUT2D eigenvalue weighted by Crippen LogP contribution is 2.48. The molecule has 5 rings (SSSR count). The van der Waals surface area contributed by atoms with Crippen molar-refractivity contribution in [1.82, 2.24) is 25.6 Å². The Labute approximate surface area is 299 Å². The molecular formula is C35H33ClF5N7O4. The maximum atomic E-state index is 13.4. The van der Waals surface area contributed by atoms with Gasteiger partial charge in [0.05, 0.1) is 5.54 Å². The Hall–Kier alpha value is -5.38. The molecule has 11 nitrogen and oxygen atoms in total. The quantitative estimate of drug-likeness (QED) is 0.0817. The molecule has 3 aromatic carbocycles. The monoisotopic (exact) mass is 745 g/mol. The van der Waals surface area contributed by atoms with E-state index < -0.39 is 65.4 Å². The van der Waals surface area contributed by atoms with Crippen LogP contribution in [0.15, 0.2) is 66.7 Å². The smallest absolute Gasteiger partial charge is 0.422 e. The number of benzene rings is 3. The highest BCUT2D eigenvalue weighted by Gasteiger charge is 2.45. The number of halogens is 6. The second kappa shape index (κ2) is 15.5. The zero-order valence-electron chi connectivity index (χ0n) is 27.8. The van der Waals surface area contributed by atoms with Crippen LogP contribution in [0.4, 0.5) is 39.5 Å². The predicted octanol–water partition coefficient (Wildman–Crippen LogP) is 6.27. The Bertz CT molecular complexity index is 1920. The third-order valence-corrected chi connectivity index (χ3v) is 8.13. The van der Waals surface area contributed by atoms with E-state index >= 15 is 0 Å². The zero-order valence-corrected chi connectivity index (χ0v) is 28.6. The van der Waals surface area contributed by atoms with Crippen LogP contribution in [0, 0.1) is 17.0 Å². The first-order valence-corrected chi connectivity index (χ1v) is 16.3. The van der Waals surface area contributed by atoms with Crippen molar-refractivity contribution < 1.29 is 41.1 Å². The number of amides is 2. The lowest BCUT2D eigenvalue weighted by Crippen LogP contribution is -2.44. The number of ketones is 1. The van der Waals surface area contributed by atoms with Gasteiger partial charge in [-0.05, 0) is 77.9 Å². The number of carbonyl (C=O) groups excluding carboxylic acids is 3. The minimum atomic E-state index is -4.62. The summed E-state index contributed by atoms with van der Waals surface area (Å²) in [5.74, 6) is -4.09. The molecular weight excluding hydrogens is 713 g/mol. The molecule has 2 amide bonds. The fraction of sp³-hybridized carbons (Fsp3) is 0.314. The van der Waals surface area contributed by atoms with Crippen LogP contribution in [0.5, 0.6) is 6.01 Å². The highest BCUT2D eigenvalue weighted by atomic mass is 35.5. The largest absolute Gasteiger partial charge is 0.454 e. The highest BCUT2D eigenvalue weighted by molar-refractivity contribution is 6.36. The predicted molar refractivity (Wildman–Crippen MR) is 181 cm³/mol. The van der Waals surface area contributed by atoms with Crippen molar-refractivity contribution in [2.24, 2.45) is 5.41 Å². The molecule has 1 aromatic heterocycles. The summed E-state index contributed by atoms with van der Waals surface area (Å²) in [6.07, 6.45) is -3.66. The summed E-state index contributed by atoms with van der Waals surface area (Å²) in [6.45, 7) is 2.00. The first-order chi connectivity index (χ1) is 24.5. The van der Waals surface area contributed by atoms with Crippen molar-refractivity contribution in [3.05, 3.63) is 100 Å². The molecule has 4 N–H and O–H groups in total. The number of hydrogen-bond donors (Lipinski definition) is 4. The summed E-state index contributed by atoms with van der Waals surface area (Å²) in [7, 11) is 0. The lowest BCUT2D eigenvalue weighted by molar-refractivity contribution is -0.154. The summed E-state index contributed by atoms with van der Waals surface area (Å²) in [5.41, 5.74) is 0.371. The van der Waals surface area contributed by atoms with Crippen molar-refractivity contribution >= 4 is 46.8 Å². The number of Topliss-reactive ketones (excluding diaryl/α,β-unsaturated/α-hetero) is 1. The number of carbonyl (C=O) groups is 3. The van der Waals surface area contributed by atoms with Crippen LogP contribution in [0.1, 0.15) is 48.2 Å². The van der Waals surface area contributed by atoms with Crippen LogP contribution in [-0.4, -0.2) is 58.4 Å². The van der Waals surface area contributed by atoms with Crippen molar-refractivity contribution in [3.63, 3.8) is 0 Å². The molecule has 1 aliphatic rings. The molecule has 1 saturated carbocycles. The number of nitrogens with zero attached hydrogens (tertiary/aromatic N) is 3. The van der Waals surface area contributed by atoms with E-state index in [1.165, 1.54) is 12.1 Å². The van der Waals surface area contributed by atoms with E-state index in [9.17, 15) is 36.3 Å². The number of nitrogens with one attached hydrogen (secondary N) is 4. The Morgan fingerprint density at radius 1 is 0.846 bits per heavy atom. The second-order valence-electron chi connectivity index (χ2n) is 13.0. The van der Waals surface area contributed by atoms with Crippen LogP contribution >= 0.6 is 11.6 Å². The van der Waals surface area contributed by atoms with Crippen molar-refractivity contribution in [2.45, 2.75) is 44.8 Å². The number of hydrogen-bond acceptors (Lipinski definition) is 9. The van der Waals surface area contributed by atoms with Gasteiger partial charge in [-0.25, -0.2) is 8.78 Å². The third-order valence-electron chi connectivity index (χ3n) is 7.88. The third kappa shape index (κ3) is 10.8. The summed E-state index contributed by atoms with van der Waals surface area (Å²) >= 11 is 6.02. The van der Waals surface area contributed by atoms with Gasteiger partial charge in [-0.1, -0.05) is 37.6 Å². The van der Waals surface area contributed by atoms with Gasteiger partial charge in [0.2, 0.25) is 17.7 Å². The molecule has 4 aromatic rings.